The van der Waals surface area contributed by atoms with Gasteiger partial charge in [-0.3, -0.25) is 4.98 Å². The van der Waals surface area contributed by atoms with Crippen molar-refractivity contribution in [3.63, 3.8) is 0 Å². The van der Waals surface area contributed by atoms with Gasteiger partial charge < -0.3 is 0 Å². The third-order valence-electron chi connectivity index (χ3n) is 3.08. The first-order chi connectivity index (χ1) is 9.36. The summed E-state index contributed by atoms with van der Waals surface area (Å²) >= 11 is 6.31. The first-order valence-corrected chi connectivity index (χ1v) is 6.48. The number of benzene rings is 2. The van der Waals surface area contributed by atoms with Gasteiger partial charge >= 0.3 is 0 Å². The van der Waals surface area contributed by atoms with Gasteiger partial charge in [0.25, 0.3) is 0 Å². The molecule has 0 fully saturated rings. The third kappa shape index (κ3) is 2.38. The van der Waals surface area contributed by atoms with Gasteiger partial charge in [0.2, 0.25) is 0 Å². The zero-order chi connectivity index (χ0) is 13.1. The van der Waals surface area contributed by atoms with Crippen LogP contribution in [0.2, 0.25) is 5.02 Å². The highest BCUT2D eigenvalue weighted by Gasteiger charge is 2.08. The minimum Gasteiger partial charge on any atom is -0.265 e. The maximum atomic E-state index is 6.31. The van der Waals surface area contributed by atoms with Crippen LogP contribution in [0.1, 0.15) is 0 Å². The van der Waals surface area contributed by atoms with Gasteiger partial charge in [-0.15, -0.1) is 0 Å². The van der Waals surface area contributed by atoms with Crippen molar-refractivity contribution in [3.8, 4) is 22.3 Å². The van der Waals surface area contributed by atoms with E-state index in [9.17, 15) is 0 Å². The van der Waals surface area contributed by atoms with Crippen molar-refractivity contribution < 1.29 is 0 Å². The summed E-state index contributed by atoms with van der Waals surface area (Å²) in [5.74, 6) is 0. The molecule has 0 aliphatic carbocycles. The smallest absolute Gasteiger partial charge is 0.0484 e. The third-order valence-corrected chi connectivity index (χ3v) is 3.41. The van der Waals surface area contributed by atoms with E-state index in [1.165, 1.54) is 0 Å². The van der Waals surface area contributed by atoms with Crippen molar-refractivity contribution >= 4 is 11.6 Å². The summed E-state index contributed by atoms with van der Waals surface area (Å²) in [6, 6.07) is 20.2. The standard InChI is InChI=1S/C17H12ClN/c18-17-8-4-3-7-16(17)15-6-2-1-5-14(15)13-9-11-19-12-10-13/h1-12H. The molecule has 1 aromatic heterocycles. The zero-order valence-electron chi connectivity index (χ0n) is 10.3. The molecule has 0 N–H and O–H groups in total. The van der Waals surface area contributed by atoms with Gasteiger partial charge in [-0.2, -0.15) is 0 Å². The predicted octanol–water partition coefficient (Wildman–Crippen LogP) is 5.07. The lowest BCUT2D eigenvalue weighted by Gasteiger charge is -2.11. The summed E-state index contributed by atoms with van der Waals surface area (Å²) < 4.78 is 0. The zero-order valence-corrected chi connectivity index (χ0v) is 11.0. The molecule has 0 radical (unpaired) electrons. The molecule has 3 aromatic rings. The fourth-order valence-electron chi connectivity index (χ4n) is 2.18. The van der Waals surface area contributed by atoms with Gasteiger partial charge in [-0.1, -0.05) is 54.1 Å². The van der Waals surface area contributed by atoms with Crippen molar-refractivity contribution in [2.45, 2.75) is 0 Å². The van der Waals surface area contributed by atoms with Gasteiger partial charge in [-0.05, 0) is 34.9 Å². The minimum absolute atomic E-state index is 0.768. The first-order valence-electron chi connectivity index (χ1n) is 6.10. The number of aromatic nitrogens is 1. The lowest BCUT2D eigenvalue weighted by atomic mass is 9.95. The Balaban J connectivity index is 2.21. The Morgan fingerprint density at radius 1 is 0.632 bits per heavy atom. The van der Waals surface area contributed by atoms with E-state index in [1.807, 2.05) is 48.5 Å². The molecule has 1 heterocycles. The quantitative estimate of drug-likeness (QED) is 0.630. The summed E-state index contributed by atoms with van der Waals surface area (Å²) in [6.45, 7) is 0. The number of rotatable bonds is 2. The Bertz CT molecular complexity index is 692. The Kier molecular flexibility index (Phi) is 3.30. The molecule has 0 aliphatic rings. The molecule has 1 nitrogen and oxygen atoms in total. The van der Waals surface area contributed by atoms with Crippen LogP contribution in [0.5, 0.6) is 0 Å². The van der Waals surface area contributed by atoms with E-state index in [0.29, 0.717) is 0 Å². The highest BCUT2D eigenvalue weighted by Crippen LogP contribution is 2.35. The molecule has 0 bridgehead atoms. The van der Waals surface area contributed by atoms with Crippen LogP contribution in [0.3, 0.4) is 0 Å². The van der Waals surface area contributed by atoms with Crippen LogP contribution in [0, 0.1) is 0 Å². The molecule has 0 saturated heterocycles. The molecular weight excluding hydrogens is 254 g/mol. The predicted molar refractivity (Wildman–Crippen MR) is 80.1 cm³/mol. The van der Waals surface area contributed by atoms with Crippen LogP contribution in [-0.4, -0.2) is 4.98 Å². The lowest BCUT2D eigenvalue weighted by molar-refractivity contribution is 1.33. The molecule has 0 amide bonds. The van der Waals surface area contributed by atoms with Crippen LogP contribution in [0.15, 0.2) is 73.1 Å². The van der Waals surface area contributed by atoms with Gasteiger partial charge in [-0.25, -0.2) is 0 Å². The van der Waals surface area contributed by atoms with Crippen molar-refractivity contribution in [2.75, 3.05) is 0 Å². The van der Waals surface area contributed by atoms with Crippen LogP contribution >= 0.6 is 11.6 Å². The second kappa shape index (κ2) is 5.25. The number of hydrogen-bond acceptors (Lipinski definition) is 1. The Morgan fingerprint density at radius 2 is 1.21 bits per heavy atom. The molecule has 92 valence electrons. The molecular formula is C17H12ClN. The van der Waals surface area contributed by atoms with E-state index in [1.54, 1.807) is 12.4 Å². The van der Waals surface area contributed by atoms with Crippen molar-refractivity contribution in [1.29, 1.82) is 0 Å². The van der Waals surface area contributed by atoms with Crippen LogP contribution in [0.25, 0.3) is 22.3 Å². The molecule has 0 spiro atoms. The molecule has 19 heavy (non-hydrogen) atoms. The average Bonchev–Trinajstić information content (AvgIpc) is 2.49. The molecule has 0 aliphatic heterocycles. The van der Waals surface area contributed by atoms with E-state index in [4.69, 9.17) is 11.6 Å². The summed E-state index contributed by atoms with van der Waals surface area (Å²) in [5, 5.41) is 0.768. The highest BCUT2D eigenvalue weighted by atomic mass is 35.5. The van der Waals surface area contributed by atoms with E-state index in [2.05, 4.69) is 17.1 Å². The number of hydrogen-bond donors (Lipinski definition) is 0. The van der Waals surface area contributed by atoms with Crippen LogP contribution < -0.4 is 0 Å². The van der Waals surface area contributed by atoms with Gasteiger partial charge in [0, 0.05) is 23.0 Å². The number of halogens is 1. The molecule has 2 aromatic carbocycles. The molecule has 0 atom stereocenters. The summed E-state index contributed by atoms with van der Waals surface area (Å²) in [7, 11) is 0. The topological polar surface area (TPSA) is 12.9 Å². The molecule has 3 rings (SSSR count). The number of pyridine rings is 1. The SMILES string of the molecule is Clc1ccccc1-c1ccccc1-c1ccncc1. The molecule has 0 unspecified atom stereocenters. The second-order valence-corrected chi connectivity index (χ2v) is 4.67. The summed E-state index contributed by atoms with van der Waals surface area (Å²) in [4.78, 5) is 4.06. The average molecular weight is 266 g/mol. The lowest BCUT2D eigenvalue weighted by Crippen LogP contribution is -1.86. The fourth-order valence-corrected chi connectivity index (χ4v) is 2.42. The Hall–Kier alpha value is -2.12. The molecule has 0 saturated carbocycles. The van der Waals surface area contributed by atoms with E-state index >= 15 is 0 Å². The van der Waals surface area contributed by atoms with Crippen LogP contribution in [0.4, 0.5) is 0 Å². The maximum Gasteiger partial charge on any atom is 0.0484 e. The largest absolute Gasteiger partial charge is 0.265 e. The molecule has 2 heteroatoms. The highest BCUT2D eigenvalue weighted by molar-refractivity contribution is 6.33. The minimum atomic E-state index is 0.768. The van der Waals surface area contributed by atoms with Crippen LogP contribution in [-0.2, 0) is 0 Å². The second-order valence-electron chi connectivity index (χ2n) is 4.26. The van der Waals surface area contributed by atoms with Crippen molar-refractivity contribution in [2.24, 2.45) is 0 Å². The van der Waals surface area contributed by atoms with E-state index in [0.717, 1.165) is 27.3 Å². The first kappa shape index (κ1) is 11.9. The van der Waals surface area contributed by atoms with Crippen molar-refractivity contribution in [1.82, 2.24) is 4.98 Å². The number of nitrogens with zero attached hydrogens (tertiary/aromatic N) is 1. The van der Waals surface area contributed by atoms with E-state index in [-0.39, 0.29) is 0 Å². The maximum absolute atomic E-state index is 6.31. The van der Waals surface area contributed by atoms with Gasteiger partial charge in [0.05, 0.1) is 0 Å². The monoisotopic (exact) mass is 265 g/mol. The Morgan fingerprint density at radius 3 is 1.89 bits per heavy atom. The van der Waals surface area contributed by atoms with Gasteiger partial charge in [0.15, 0.2) is 0 Å². The Labute approximate surface area is 117 Å². The summed E-state index contributed by atoms with van der Waals surface area (Å²) in [6.07, 6.45) is 3.61. The summed E-state index contributed by atoms with van der Waals surface area (Å²) in [5.41, 5.74) is 4.50. The normalized spacial score (nSPS) is 10.4. The fraction of sp³-hybridized carbons (Fsp3) is 0. The van der Waals surface area contributed by atoms with Gasteiger partial charge in [0.1, 0.15) is 0 Å². The van der Waals surface area contributed by atoms with Crippen molar-refractivity contribution in [3.05, 3.63) is 78.1 Å². The van der Waals surface area contributed by atoms with E-state index < -0.39 is 0 Å².